The monoisotopic (exact) mass is 229 g/mol. The van der Waals surface area contributed by atoms with Gasteiger partial charge in [-0.2, -0.15) is 0 Å². The highest BCUT2D eigenvalue weighted by Crippen LogP contribution is 2.27. The van der Waals surface area contributed by atoms with E-state index >= 15 is 0 Å². The van der Waals surface area contributed by atoms with Crippen LogP contribution in [0.5, 0.6) is 0 Å². The third-order valence-electron chi connectivity index (χ3n) is 2.85. The van der Waals surface area contributed by atoms with Crippen molar-refractivity contribution in [3.8, 4) is 11.1 Å². The minimum Gasteiger partial charge on any atom is -0.399 e. The number of rotatable bonds is 2. The largest absolute Gasteiger partial charge is 0.399 e. The molecule has 0 saturated heterocycles. The lowest BCUT2D eigenvalue weighted by Gasteiger charge is -2.09. The smallest absolute Gasteiger partial charge is 0.131 e. The molecule has 2 aromatic carbocycles. The second kappa shape index (κ2) is 4.58. The van der Waals surface area contributed by atoms with Gasteiger partial charge in [0.1, 0.15) is 5.82 Å². The summed E-state index contributed by atoms with van der Waals surface area (Å²) in [6.07, 6.45) is 0. The van der Waals surface area contributed by atoms with Crippen LogP contribution in [0.3, 0.4) is 0 Å². The Kier molecular flexibility index (Phi) is 3.14. The topological polar surface area (TPSA) is 26.0 Å². The van der Waals surface area contributed by atoms with Crippen molar-refractivity contribution in [2.45, 2.75) is 19.8 Å². The Balaban J connectivity index is 2.52. The zero-order valence-corrected chi connectivity index (χ0v) is 10.1. The van der Waals surface area contributed by atoms with Crippen molar-refractivity contribution in [3.63, 3.8) is 0 Å². The Morgan fingerprint density at radius 1 is 1.06 bits per heavy atom. The van der Waals surface area contributed by atoms with E-state index in [1.54, 1.807) is 12.1 Å². The summed E-state index contributed by atoms with van der Waals surface area (Å²) in [4.78, 5) is 0. The molecule has 0 fully saturated rings. The van der Waals surface area contributed by atoms with Crippen molar-refractivity contribution >= 4 is 5.69 Å². The van der Waals surface area contributed by atoms with Crippen molar-refractivity contribution in [1.29, 1.82) is 0 Å². The Hall–Kier alpha value is -1.83. The SMILES string of the molecule is CC(C)c1cccc(-c2cc(N)ccc2F)c1. The van der Waals surface area contributed by atoms with Crippen molar-refractivity contribution in [2.75, 3.05) is 5.73 Å². The Bertz CT molecular complexity index is 532. The van der Waals surface area contributed by atoms with Crippen LogP contribution in [-0.2, 0) is 0 Å². The molecule has 0 aromatic heterocycles. The van der Waals surface area contributed by atoms with Gasteiger partial charge in [0.05, 0.1) is 0 Å². The molecule has 0 atom stereocenters. The molecule has 2 N–H and O–H groups in total. The third kappa shape index (κ3) is 2.47. The van der Waals surface area contributed by atoms with Crippen LogP contribution in [0.4, 0.5) is 10.1 Å². The third-order valence-corrected chi connectivity index (χ3v) is 2.85. The van der Waals surface area contributed by atoms with Crippen LogP contribution in [0, 0.1) is 5.82 Å². The van der Waals surface area contributed by atoms with Crippen molar-refractivity contribution in [2.24, 2.45) is 0 Å². The van der Waals surface area contributed by atoms with Gasteiger partial charge >= 0.3 is 0 Å². The van der Waals surface area contributed by atoms with Gasteiger partial charge in [-0.3, -0.25) is 0 Å². The van der Waals surface area contributed by atoms with Gasteiger partial charge < -0.3 is 5.73 Å². The van der Waals surface area contributed by atoms with Crippen LogP contribution >= 0.6 is 0 Å². The van der Waals surface area contributed by atoms with Gasteiger partial charge in [0.2, 0.25) is 0 Å². The number of halogens is 1. The Morgan fingerprint density at radius 2 is 1.82 bits per heavy atom. The molecule has 0 unspecified atom stereocenters. The van der Waals surface area contributed by atoms with Gasteiger partial charge in [-0.25, -0.2) is 4.39 Å². The first kappa shape index (κ1) is 11.6. The van der Waals surface area contributed by atoms with Crippen molar-refractivity contribution in [1.82, 2.24) is 0 Å². The molecule has 0 saturated carbocycles. The van der Waals surface area contributed by atoms with Crippen LogP contribution in [-0.4, -0.2) is 0 Å². The van der Waals surface area contributed by atoms with E-state index in [-0.39, 0.29) is 5.82 Å². The summed E-state index contributed by atoms with van der Waals surface area (Å²) in [5.41, 5.74) is 8.91. The van der Waals surface area contributed by atoms with Crippen molar-refractivity contribution in [3.05, 3.63) is 53.8 Å². The van der Waals surface area contributed by atoms with Gasteiger partial charge in [-0.05, 0) is 35.2 Å². The standard InChI is InChI=1S/C15H16FN/c1-10(2)11-4-3-5-12(8-11)14-9-13(17)6-7-15(14)16/h3-10H,17H2,1-2H3. The van der Waals surface area contributed by atoms with Crippen LogP contribution in [0.2, 0.25) is 0 Å². The summed E-state index contributed by atoms with van der Waals surface area (Å²) in [5, 5.41) is 0. The highest BCUT2D eigenvalue weighted by molar-refractivity contribution is 5.68. The lowest BCUT2D eigenvalue weighted by molar-refractivity contribution is 0.631. The number of nitrogen functional groups attached to an aromatic ring is 1. The van der Waals surface area contributed by atoms with Gasteiger partial charge in [-0.1, -0.05) is 38.1 Å². The van der Waals surface area contributed by atoms with Crippen LogP contribution in [0.1, 0.15) is 25.3 Å². The molecule has 0 aliphatic heterocycles. The first-order chi connectivity index (χ1) is 8.08. The number of nitrogens with two attached hydrogens (primary N) is 1. The van der Waals surface area contributed by atoms with E-state index in [9.17, 15) is 4.39 Å². The van der Waals surface area contributed by atoms with Gasteiger partial charge in [0.25, 0.3) is 0 Å². The molecule has 0 aliphatic rings. The average Bonchev–Trinajstić information content (AvgIpc) is 2.32. The number of anilines is 1. The molecule has 0 spiro atoms. The molecule has 0 aliphatic carbocycles. The zero-order chi connectivity index (χ0) is 12.4. The highest BCUT2D eigenvalue weighted by atomic mass is 19.1. The van der Waals surface area contributed by atoms with E-state index in [0.717, 1.165) is 5.56 Å². The normalized spacial score (nSPS) is 10.8. The first-order valence-corrected chi connectivity index (χ1v) is 5.73. The molecule has 0 heterocycles. The molecule has 2 aromatic rings. The minimum absolute atomic E-state index is 0.236. The van der Waals surface area contributed by atoms with Crippen LogP contribution in [0.15, 0.2) is 42.5 Å². The minimum atomic E-state index is -0.236. The summed E-state index contributed by atoms with van der Waals surface area (Å²) in [5.74, 6) is 0.194. The second-order valence-corrected chi connectivity index (χ2v) is 4.52. The van der Waals surface area contributed by atoms with E-state index in [0.29, 0.717) is 17.2 Å². The molecule has 17 heavy (non-hydrogen) atoms. The fourth-order valence-corrected chi connectivity index (χ4v) is 1.83. The first-order valence-electron chi connectivity index (χ1n) is 5.73. The molecular formula is C15H16FN. The fraction of sp³-hybridized carbons (Fsp3) is 0.200. The summed E-state index contributed by atoms with van der Waals surface area (Å²) < 4.78 is 13.7. The number of hydrogen-bond donors (Lipinski definition) is 1. The summed E-state index contributed by atoms with van der Waals surface area (Å²) in [6.45, 7) is 4.24. The summed E-state index contributed by atoms with van der Waals surface area (Å²) in [7, 11) is 0. The molecular weight excluding hydrogens is 213 g/mol. The predicted molar refractivity (Wildman–Crippen MR) is 70.3 cm³/mol. The average molecular weight is 229 g/mol. The maximum Gasteiger partial charge on any atom is 0.131 e. The van der Waals surface area contributed by atoms with E-state index in [1.807, 2.05) is 18.2 Å². The van der Waals surface area contributed by atoms with Gasteiger partial charge in [0, 0.05) is 11.3 Å². The molecule has 0 radical (unpaired) electrons. The van der Waals surface area contributed by atoms with E-state index in [4.69, 9.17) is 5.73 Å². The van der Waals surface area contributed by atoms with Crippen LogP contribution < -0.4 is 5.73 Å². The van der Waals surface area contributed by atoms with Crippen LogP contribution in [0.25, 0.3) is 11.1 Å². The molecule has 88 valence electrons. The van der Waals surface area contributed by atoms with E-state index in [1.165, 1.54) is 11.6 Å². The zero-order valence-electron chi connectivity index (χ0n) is 10.1. The second-order valence-electron chi connectivity index (χ2n) is 4.52. The maximum absolute atomic E-state index is 13.7. The molecule has 2 rings (SSSR count). The molecule has 0 bridgehead atoms. The van der Waals surface area contributed by atoms with E-state index < -0.39 is 0 Å². The summed E-state index contributed by atoms with van der Waals surface area (Å²) in [6, 6.07) is 12.6. The predicted octanol–water partition coefficient (Wildman–Crippen LogP) is 4.20. The van der Waals surface area contributed by atoms with Gasteiger partial charge in [-0.15, -0.1) is 0 Å². The summed E-state index contributed by atoms with van der Waals surface area (Å²) >= 11 is 0. The van der Waals surface area contributed by atoms with E-state index in [2.05, 4.69) is 19.9 Å². The molecule has 2 heteroatoms. The quantitative estimate of drug-likeness (QED) is 0.767. The molecule has 1 nitrogen and oxygen atoms in total. The van der Waals surface area contributed by atoms with Crippen molar-refractivity contribution < 1.29 is 4.39 Å². The fourth-order valence-electron chi connectivity index (χ4n) is 1.83. The lowest BCUT2D eigenvalue weighted by Crippen LogP contribution is -1.92. The number of hydrogen-bond acceptors (Lipinski definition) is 1. The highest BCUT2D eigenvalue weighted by Gasteiger charge is 2.07. The lowest BCUT2D eigenvalue weighted by atomic mass is 9.97. The Labute approximate surface area is 101 Å². The van der Waals surface area contributed by atoms with Gasteiger partial charge in [0.15, 0.2) is 0 Å². The maximum atomic E-state index is 13.7. The Morgan fingerprint density at radius 3 is 2.53 bits per heavy atom. The number of benzene rings is 2. The molecule has 0 amide bonds.